The summed E-state index contributed by atoms with van der Waals surface area (Å²) in [5.41, 5.74) is 0.776. The van der Waals surface area contributed by atoms with E-state index in [9.17, 15) is 4.79 Å². The van der Waals surface area contributed by atoms with Gasteiger partial charge >= 0.3 is 5.97 Å². The number of allylic oxidation sites excluding steroid dienone is 3. The Kier molecular flexibility index (Phi) is 6.49. The molecule has 0 saturated heterocycles. The fourth-order valence-corrected chi connectivity index (χ4v) is 1.57. The van der Waals surface area contributed by atoms with Gasteiger partial charge in [-0.1, -0.05) is 18.7 Å². The molecule has 0 amide bonds. The van der Waals surface area contributed by atoms with Gasteiger partial charge in [0.15, 0.2) is 5.82 Å². The quantitative estimate of drug-likeness (QED) is 0.407. The number of esters is 1. The summed E-state index contributed by atoms with van der Waals surface area (Å²) in [5, 5.41) is 11.2. The minimum atomic E-state index is -0.124. The topological polar surface area (TPSA) is 69.9 Å². The van der Waals surface area contributed by atoms with E-state index in [1.165, 1.54) is 0 Å². The molecule has 0 fully saturated rings. The summed E-state index contributed by atoms with van der Waals surface area (Å²) in [6.45, 7) is 6.17. The lowest BCUT2D eigenvalue weighted by atomic mass is 10.1. The average Bonchev–Trinajstić information content (AvgIpc) is 2.80. The van der Waals surface area contributed by atoms with E-state index in [1.54, 1.807) is 11.7 Å². The molecule has 0 aliphatic carbocycles. The number of ether oxygens (including phenoxy) is 1. The van der Waals surface area contributed by atoms with Crippen molar-refractivity contribution in [2.45, 2.75) is 32.6 Å². The number of aryl methyl sites for hydroxylation is 1. The molecule has 1 aromatic rings. The molecule has 0 aromatic carbocycles. The summed E-state index contributed by atoms with van der Waals surface area (Å²) in [7, 11) is 1.77. The number of carbonyl (C=O) groups is 1. The van der Waals surface area contributed by atoms with Gasteiger partial charge < -0.3 is 4.74 Å². The average molecular weight is 264 g/mol. The molecular weight excluding hydrogens is 244 g/mol. The summed E-state index contributed by atoms with van der Waals surface area (Å²) in [6.07, 6.45) is 7.07. The highest BCUT2D eigenvalue weighted by Crippen LogP contribution is 2.09. The van der Waals surface area contributed by atoms with Gasteiger partial charge in [-0.15, -0.1) is 5.10 Å². The SMILES string of the molecule is C=C(C=CCCCCC(=O)OCC)c1nnnn1C. The van der Waals surface area contributed by atoms with Crippen LogP contribution in [0.1, 0.15) is 38.4 Å². The molecule has 0 saturated carbocycles. The molecular formula is C13H20N4O2. The van der Waals surface area contributed by atoms with Crippen LogP contribution < -0.4 is 0 Å². The zero-order valence-corrected chi connectivity index (χ0v) is 11.5. The van der Waals surface area contributed by atoms with Crippen LogP contribution in [0.4, 0.5) is 0 Å². The van der Waals surface area contributed by atoms with Gasteiger partial charge in [-0.05, 0) is 36.6 Å². The van der Waals surface area contributed by atoms with Crippen molar-refractivity contribution in [1.29, 1.82) is 0 Å². The Labute approximate surface area is 113 Å². The summed E-state index contributed by atoms with van der Waals surface area (Å²) in [6, 6.07) is 0. The lowest BCUT2D eigenvalue weighted by Crippen LogP contribution is -2.02. The van der Waals surface area contributed by atoms with Crippen LogP contribution >= 0.6 is 0 Å². The Hall–Kier alpha value is -1.98. The maximum Gasteiger partial charge on any atom is 0.305 e. The van der Waals surface area contributed by atoms with Crippen LogP contribution in [-0.2, 0) is 16.6 Å². The highest BCUT2D eigenvalue weighted by molar-refractivity contribution is 5.69. The van der Waals surface area contributed by atoms with Gasteiger partial charge in [0.25, 0.3) is 0 Å². The van der Waals surface area contributed by atoms with Crippen LogP contribution in [0.5, 0.6) is 0 Å². The van der Waals surface area contributed by atoms with Crippen molar-refractivity contribution in [3.63, 3.8) is 0 Å². The molecule has 1 heterocycles. The maximum atomic E-state index is 11.1. The Morgan fingerprint density at radius 3 is 2.89 bits per heavy atom. The molecule has 6 nitrogen and oxygen atoms in total. The molecule has 0 unspecified atom stereocenters. The number of hydrogen-bond donors (Lipinski definition) is 0. The maximum absolute atomic E-state index is 11.1. The highest BCUT2D eigenvalue weighted by atomic mass is 16.5. The Balaban J connectivity index is 2.19. The first kappa shape index (κ1) is 15.1. The Morgan fingerprint density at radius 1 is 1.47 bits per heavy atom. The van der Waals surface area contributed by atoms with E-state index in [1.807, 2.05) is 19.1 Å². The number of hydrogen-bond acceptors (Lipinski definition) is 5. The van der Waals surface area contributed by atoms with E-state index < -0.39 is 0 Å². The zero-order chi connectivity index (χ0) is 14.1. The molecule has 0 aliphatic rings. The second-order valence-electron chi connectivity index (χ2n) is 4.10. The first-order valence-electron chi connectivity index (χ1n) is 6.39. The van der Waals surface area contributed by atoms with Gasteiger partial charge in [-0.25, -0.2) is 4.68 Å². The third-order valence-electron chi connectivity index (χ3n) is 2.53. The number of tetrazole rings is 1. The standard InChI is InChI=1S/C13H20N4O2/c1-4-19-12(18)10-8-6-5-7-9-11(2)13-14-15-16-17(13)3/h7,9H,2,4-6,8,10H2,1,3H3. The van der Waals surface area contributed by atoms with Crippen molar-refractivity contribution in [3.8, 4) is 0 Å². The van der Waals surface area contributed by atoms with Gasteiger partial charge in [0.05, 0.1) is 6.61 Å². The van der Waals surface area contributed by atoms with Crippen LogP contribution in [-0.4, -0.2) is 32.8 Å². The van der Waals surface area contributed by atoms with Crippen molar-refractivity contribution < 1.29 is 9.53 Å². The smallest absolute Gasteiger partial charge is 0.305 e. The van der Waals surface area contributed by atoms with Gasteiger partial charge in [0.2, 0.25) is 0 Å². The fraction of sp³-hybridized carbons (Fsp3) is 0.538. The van der Waals surface area contributed by atoms with Crippen molar-refractivity contribution in [1.82, 2.24) is 20.2 Å². The monoisotopic (exact) mass is 264 g/mol. The molecule has 19 heavy (non-hydrogen) atoms. The Morgan fingerprint density at radius 2 is 2.26 bits per heavy atom. The minimum Gasteiger partial charge on any atom is -0.466 e. The first-order valence-corrected chi connectivity index (χ1v) is 6.39. The van der Waals surface area contributed by atoms with Gasteiger partial charge in [0.1, 0.15) is 0 Å². The van der Waals surface area contributed by atoms with Crippen molar-refractivity contribution in [2.75, 3.05) is 6.61 Å². The van der Waals surface area contributed by atoms with Gasteiger partial charge in [-0.3, -0.25) is 4.79 Å². The Bertz CT molecular complexity index is 451. The minimum absolute atomic E-state index is 0.124. The molecule has 0 N–H and O–H groups in total. The molecule has 6 heteroatoms. The van der Waals surface area contributed by atoms with E-state index in [-0.39, 0.29) is 5.97 Å². The first-order chi connectivity index (χ1) is 9.15. The molecule has 0 bridgehead atoms. The summed E-state index contributed by atoms with van der Waals surface area (Å²) >= 11 is 0. The molecule has 0 aliphatic heterocycles. The number of rotatable bonds is 8. The predicted octanol–water partition coefficient (Wildman–Crippen LogP) is 1.90. The normalized spacial score (nSPS) is 10.8. The van der Waals surface area contributed by atoms with Crippen LogP contribution in [0.15, 0.2) is 18.7 Å². The van der Waals surface area contributed by atoms with Crippen molar-refractivity contribution in [2.24, 2.45) is 7.05 Å². The molecule has 104 valence electrons. The third kappa shape index (κ3) is 5.46. The van der Waals surface area contributed by atoms with E-state index in [4.69, 9.17) is 4.74 Å². The predicted molar refractivity (Wildman–Crippen MR) is 72.1 cm³/mol. The number of aromatic nitrogens is 4. The van der Waals surface area contributed by atoms with Crippen LogP contribution in [0, 0.1) is 0 Å². The van der Waals surface area contributed by atoms with Crippen molar-refractivity contribution >= 4 is 11.5 Å². The summed E-state index contributed by atoms with van der Waals surface area (Å²) in [5.74, 6) is 0.531. The zero-order valence-electron chi connectivity index (χ0n) is 11.5. The summed E-state index contributed by atoms with van der Waals surface area (Å²) < 4.78 is 6.43. The lowest BCUT2D eigenvalue weighted by Gasteiger charge is -2.00. The lowest BCUT2D eigenvalue weighted by molar-refractivity contribution is -0.143. The number of nitrogens with zero attached hydrogens (tertiary/aromatic N) is 4. The van der Waals surface area contributed by atoms with E-state index in [0.717, 1.165) is 24.8 Å². The molecule has 0 spiro atoms. The third-order valence-corrected chi connectivity index (χ3v) is 2.53. The van der Waals surface area contributed by atoms with E-state index in [0.29, 0.717) is 18.9 Å². The van der Waals surface area contributed by atoms with Gasteiger partial charge in [-0.2, -0.15) is 0 Å². The highest BCUT2D eigenvalue weighted by Gasteiger charge is 2.03. The van der Waals surface area contributed by atoms with Crippen LogP contribution in [0.2, 0.25) is 0 Å². The van der Waals surface area contributed by atoms with E-state index in [2.05, 4.69) is 22.1 Å². The number of carbonyl (C=O) groups excluding carboxylic acids is 1. The molecule has 0 atom stereocenters. The number of unbranched alkanes of at least 4 members (excludes halogenated alkanes) is 2. The largest absolute Gasteiger partial charge is 0.466 e. The van der Waals surface area contributed by atoms with Gasteiger partial charge in [0, 0.05) is 19.0 Å². The van der Waals surface area contributed by atoms with Crippen LogP contribution in [0.3, 0.4) is 0 Å². The summed E-state index contributed by atoms with van der Waals surface area (Å²) in [4.78, 5) is 11.1. The molecule has 0 radical (unpaired) electrons. The van der Waals surface area contributed by atoms with Crippen LogP contribution in [0.25, 0.3) is 5.57 Å². The van der Waals surface area contributed by atoms with Crippen molar-refractivity contribution in [3.05, 3.63) is 24.6 Å². The molecule has 1 aromatic heterocycles. The fourth-order valence-electron chi connectivity index (χ4n) is 1.57. The van der Waals surface area contributed by atoms with E-state index >= 15 is 0 Å². The second-order valence-corrected chi connectivity index (χ2v) is 4.10. The molecule has 1 rings (SSSR count). The second kappa shape index (κ2) is 8.18.